The van der Waals surface area contributed by atoms with Gasteiger partial charge in [-0.25, -0.2) is 9.59 Å². The molecule has 0 aromatic heterocycles. The predicted octanol–water partition coefficient (Wildman–Crippen LogP) is 1.19. The summed E-state index contributed by atoms with van der Waals surface area (Å²) < 4.78 is 9.20. The first kappa shape index (κ1) is 14.5. The Kier molecular flexibility index (Phi) is 4.18. The Hall–Kier alpha value is -2.89. The van der Waals surface area contributed by atoms with E-state index in [0.717, 1.165) is 14.2 Å². The van der Waals surface area contributed by atoms with Crippen LogP contribution in [0.25, 0.3) is 0 Å². The topological polar surface area (TPSA) is 72.9 Å². The predicted molar refractivity (Wildman–Crippen MR) is 74.1 cm³/mol. The smallest absolute Gasteiger partial charge is 0.347 e. The first-order valence-corrected chi connectivity index (χ1v) is 6.08. The number of hydrogen-bond donors (Lipinski definition) is 0. The molecule has 0 aliphatic carbocycles. The Morgan fingerprint density at radius 3 is 2.05 bits per heavy atom. The molecule has 0 atom stereocenters. The number of hydrogen-bond acceptors (Lipinski definition) is 5. The van der Waals surface area contributed by atoms with Crippen molar-refractivity contribution in [1.82, 2.24) is 0 Å². The molecule has 2 rings (SSSR count). The number of allylic oxidation sites excluding steroid dienone is 1. The van der Waals surface area contributed by atoms with Gasteiger partial charge in [-0.2, -0.15) is 0 Å². The number of anilines is 1. The van der Waals surface area contributed by atoms with Crippen molar-refractivity contribution in [3.63, 3.8) is 0 Å². The fourth-order valence-corrected chi connectivity index (χ4v) is 1.95. The maximum absolute atomic E-state index is 12.0. The SMILES string of the molecule is COC(=O)C(C(=O)OC)=C1C=CC(=O)N1c1ccccc1. The summed E-state index contributed by atoms with van der Waals surface area (Å²) in [6.45, 7) is 0. The summed E-state index contributed by atoms with van der Waals surface area (Å²) in [7, 11) is 2.30. The maximum Gasteiger partial charge on any atom is 0.347 e. The van der Waals surface area contributed by atoms with Crippen molar-refractivity contribution in [1.29, 1.82) is 0 Å². The first-order chi connectivity index (χ1) is 10.1. The molecule has 0 spiro atoms. The number of methoxy groups -OCH3 is 2. The third kappa shape index (κ3) is 2.69. The number of carbonyl (C=O) groups excluding carboxylic acids is 3. The van der Waals surface area contributed by atoms with Crippen molar-refractivity contribution in [3.05, 3.63) is 53.8 Å². The zero-order chi connectivity index (χ0) is 15.4. The molecule has 0 fully saturated rings. The summed E-state index contributed by atoms with van der Waals surface area (Å²) >= 11 is 0. The summed E-state index contributed by atoms with van der Waals surface area (Å²) in [6, 6.07) is 8.67. The zero-order valence-electron chi connectivity index (χ0n) is 11.5. The lowest BCUT2D eigenvalue weighted by atomic mass is 10.2. The molecule has 1 heterocycles. The molecule has 0 unspecified atom stereocenters. The normalized spacial score (nSPS) is 13.3. The maximum atomic E-state index is 12.0. The number of nitrogens with zero attached hydrogens (tertiary/aromatic N) is 1. The van der Waals surface area contributed by atoms with Crippen LogP contribution in [0.1, 0.15) is 0 Å². The quantitative estimate of drug-likeness (QED) is 0.361. The Balaban J connectivity index is 2.59. The van der Waals surface area contributed by atoms with Crippen LogP contribution in [0.2, 0.25) is 0 Å². The Labute approximate surface area is 121 Å². The molecule has 1 aliphatic rings. The van der Waals surface area contributed by atoms with E-state index in [9.17, 15) is 14.4 Å². The lowest BCUT2D eigenvalue weighted by Gasteiger charge is -2.20. The fourth-order valence-electron chi connectivity index (χ4n) is 1.95. The molecule has 0 radical (unpaired) electrons. The standard InChI is InChI=1S/C15H13NO5/c1-20-14(18)13(15(19)21-2)11-8-9-12(17)16(11)10-6-4-3-5-7-10/h3-9H,1-2H3. The summed E-state index contributed by atoms with van der Waals surface area (Å²) in [5, 5.41) is 0. The van der Waals surface area contributed by atoms with Crippen LogP contribution >= 0.6 is 0 Å². The second-order valence-corrected chi connectivity index (χ2v) is 4.09. The van der Waals surface area contributed by atoms with E-state index in [0.29, 0.717) is 5.69 Å². The lowest BCUT2D eigenvalue weighted by Crippen LogP contribution is -2.28. The third-order valence-corrected chi connectivity index (χ3v) is 2.89. The molecule has 0 N–H and O–H groups in total. The van der Waals surface area contributed by atoms with Gasteiger partial charge >= 0.3 is 11.9 Å². The van der Waals surface area contributed by atoms with Crippen LogP contribution in [-0.2, 0) is 23.9 Å². The van der Waals surface area contributed by atoms with Gasteiger partial charge in [0.05, 0.1) is 19.9 Å². The highest BCUT2D eigenvalue weighted by molar-refractivity contribution is 6.19. The van der Waals surface area contributed by atoms with Crippen molar-refractivity contribution in [2.75, 3.05) is 19.1 Å². The average molecular weight is 287 g/mol. The summed E-state index contributed by atoms with van der Waals surface area (Å²) in [6.07, 6.45) is 2.66. The molecule has 1 aliphatic heterocycles. The van der Waals surface area contributed by atoms with E-state index in [1.54, 1.807) is 30.3 Å². The molecule has 6 heteroatoms. The van der Waals surface area contributed by atoms with Crippen molar-refractivity contribution in [2.24, 2.45) is 0 Å². The Morgan fingerprint density at radius 1 is 0.952 bits per heavy atom. The second-order valence-electron chi connectivity index (χ2n) is 4.09. The van der Waals surface area contributed by atoms with Crippen LogP contribution in [0.5, 0.6) is 0 Å². The molecule has 21 heavy (non-hydrogen) atoms. The van der Waals surface area contributed by atoms with Crippen LogP contribution in [-0.4, -0.2) is 32.1 Å². The van der Waals surface area contributed by atoms with E-state index in [1.807, 2.05) is 0 Å². The first-order valence-electron chi connectivity index (χ1n) is 6.08. The van der Waals surface area contributed by atoms with Gasteiger partial charge in [0.1, 0.15) is 0 Å². The zero-order valence-corrected chi connectivity index (χ0v) is 11.5. The van der Waals surface area contributed by atoms with Gasteiger partial charge in [0.15, 0.2) is 5.57 Å². The van der Waals surface area contributed by atoms with Gasteiger partial charge in [-0.3, -0.25) is 9.69 Å². The molecule has 0 bridgehead atoms. The number of carbonyl (C=O) groups is 3. The lowest BCUT2D eigenvalue weighted by molar-refractivity contribution is -0.144. The Bertz CT molecular complexity index is 627. The van der Waals surface area contributed by atoms with Gasteiger partial charge in [-0.1, -0.05) is 18.2 Å². The number of amides is 1. The molecule has 1 aromatic carbocycles. The van der Waals surface area contributed by atoms with Crippen LogP contribution in [0.15, 0.2) is 53.8 Å². The minimum absolute atomic E-state index is 0.130. The second kappa shape index (κ2) is 6.04. The summed E-state index contributed by atoms with van der Waals surface area (Å²) in [5.74, 6) is -2.09. The fraction of sp³-hybridized carbons (Fsp3) is 0.133. The van der Waals surface area contributed by atoms with E-state index in [4.69, 9.17) is 0 Å². The number of benzene rings is 1. The molecular formula is C15H13NO5. The third-order valence-electron chi connectivity index (χ3n) is 2.89. The minimum atomic E-state index is -0.864. The summed E-state index contributed by atoms with van der Waals surface area (Å²) in [4.78, 5) is 36.9. The minimum Gasteiger partial charge on any atom is -0.465 e. The van der Waals surface area contributed by atoms with Crippen LogP contribution in [0.3, 0.4) is 0 Å². The average Bonchev–Trinajstić information content (AvgIpc) is 2.89. The van der Waals surface area contributed by atoms with E-state index in [-0.39, 0.29) is 17.2 Å². The number of para-hydroxylation sites is 1. The molecule has 1 aromatic rings. The highest BCUT2D eigenvalue weighted by atomic mass is 16.5. The molecule has 1 amide bonds. The molecular weight excluding hydrogens is 274 g/mol. The van der Waals surface area contributed by atoms with Crippen molar-refractivity contribution < 1.29 is 23.9 Å². The van der Waals surface area contributed by atoms with Crippen molar-refractivity contribution in [2.45, 2.75) is 0 Å². The van der Waals surface area contributed by atoms with E-state index >= 15 is 0 Å². The van der Waals surface area contributed by atoms with Crippen LogP contribution < -0.4 is 4.90 Å². The van der Waals surface area contributed by atoms with Gasteiger partial charge in [0, 0.05) is 11.8 Å². The summed E-state index contributed by atoms with van der Waals surface area (Å²) in [5.41, 5.74) is 0.337. The van der Waals surface area contributed by atoms with Crippen LogP contribution in [0.4, 0.5) is 5.69 Å². The number of esters is 2. The van der Waals surface area contributed by atoms with Gasteiger partial charge in [-0.05, 0) is 18.2 Å². The van der Waals surface area contributed by atoms with E-state index in [1.165, 1.54) is 17.1 Å². The molecule has 6 nitrogen and oxygen atoms in total. The van der Waals surface area contributed by atoms with E-state index in [2.05, 4.69) is 9.47 Å². The molecule has 0 saturated heterocycles. The molecule has 108 valence electrons. The largest absolute Gasteiger partial charge is 0.465 e. The van der Waals surface area contributed by atoms with Gasteiger partial charge < -0.3 is 9.47 Å². The van der Waals surface area contributed by atoms with Crippen LogP contribution in [0, 0.1) is 0 Å². The number of ether oxygens (including phenoxy) is 2. The monoisotopic (exact) mass is 287 g/mol. The van der Waals surface area contributed by atoms with Gasteiger partial charge in [-0.15, -0.1) is 0 Å². The molecule has 0 saturated carbocycles. The highest BCUT2D eigenvalue weighted by Crippen LogP contribution is 2.27. The van der Waals surface area contributed by atoms with Gasteiger partial charge in [0.25, 0.3) is 5.91 Å². The van der Waals surface area contributed by atoms with Crippen molar-refractivity contribution in [3.8, 4) is 0 Å². The number of rotatable bonds is 3. The van der Waals surface area contributed by atoms with Crippen molar-refractivity contribution >= 4 is 23.5 Å². The Morgan fingerprint density at radius 2 is 1.52 bits per heavy atom. The van der Waals surface area contributed by atoms with Gasteiger partial charge in [0.2, 0.25) is 0 Å². The van der Waals surface area contributed by atoms with E-state index < -0.39 is 11.9 Å². The highest BCUT2D eigenvalue weighted by Gasteiger charge is 2.32.